The van der Waals surface area contributed by atoms with Crippen molar-refractivity contribution in [3.05, 3.63) is 40.3 Å². The molecule has 1 aromatic heterocycles. The Morgan fingerprint density at radius 3 is 2.38 bits per heavy atom. The second-order valence-electron chi connectivity index (χ2n) is 4.38. The van der Waals surface area contributed by atoms with Crippen LogP contribution in [0.2, 0.25) is 0 Å². The fourth-order valence-corrected chi connectivity index (χ4v) is 2.92. The molecule has 2 rings (SSSR count). The van der Waals surface area contributed by atoms with E-state index in [4.69, 9.17) is 0 Å². The number of carbonyl (C=O) groups excluding carboxylic acids is 1. The van der Waals surface area contributed by atoms with E-state index in [0.29, 0.717) is 16.3 Å². The number of rotatable bonds is 5. The maximum atomic E-state index is 12.0. The van der Waals surface area contributed by atoms with Gasteiger partial charge < -0.3 is 5.32 Å². The maximum absolute atomic E-state index is 12.0. The molecule has 6 nitrogen and oxygen atoms in total. The number of aryl methyl sites for hydroxylation is 1. The number of hydrogen-bond donors (Lipinski definition) is 2. The number of nitrogens with one attached hydrogen (secondary N) is 2. The molecule has 0 aliphatic carbocycles. The summed E-state index contributed by atoms with van der Waals surface area (Å²) in [6.45, 7) is 1.98. The Morgan fingerprint density at radius 2 is 1.86 bits per heavy atom. The van der Waals surface area contributed by atoms with E-state index in [0.717, 1.165) is 17.7 Å². The number of aromatic nitrogens is 1. The highest BCUT2D eigenvalue weighted by Crippen LogP contribution is 2.18. The number of anilines is 2. The highest BCUT2D eigenvalue weighted by atomic mass is 32.2. The summed E-state index contributed by atoms with van der Waals surface area (Å²) in [6.07, 6.45) is 3.43. The molecule has 21 heavy (non-hydrogen) atoms. The van der Waals surface area contributed by atoms with Gasteiger partial charge in [0.2, 0.25) is 10.0 Å². The van der Waals surface area contributed by atoms with Crippen LogP contribution in [0, 0.1) is 0 Å². The minimum Gasteiger partial charge on any atom is -0.321 e. The molecule has 0 unspecified atom stereocenters. The van der Waals surface area contributed by atoms with Crippen LogP contribution in [-0.4, -0.2) is 25.6 Å². The van der Waals surface area contributed by atoms with Gasteiger partial charge in [-0.15, -0.1) is 11.3 Å². The van der Waals surface area contributed by atoms with E-state index >= 15 is 0 Å². The lowest BCUT2D eigenvalue weighted by atomic mass is 10.3. The van der Waals surface area contributed by atoms with E-state index in [1.165, 1.54) is 11.3 Å². The van der Waals surface area contributed by atoms with Crippen LogP contribution in [0.15, 0.2) is 30.5 Å². The molecular formula is C13H15N3O3S2. The molecule has 0 bridgehead atoms. The van der Waals surface area contributed by atoms with E-state index in [1.54, 1.807) is 30.5 Å². The number of hydrogen-bond acceptors (Lipinski definition) is 5. The van der Waals surface area contributed by atoms with Crippen molar-refractivity contribution in [2.24, 2.45) is 0 Å². The first-order chi connectivity index (χ1) is 9.87. The van der Waals surface area contributed by atoms with Crippen molar-refractivity contribution in [1.29, 1.82) is 0 Å². The Kier molecular flexibility index (Phi) is 4.59. The predicted molar refractivity (Wildman–Crippen MR) is 84.4 cm³/mol. The third-order valence-corrected chi connectivity index (χ3v) is 4.27. The summed E-state index contributed by atoms with van der Waals surface area (Å²) in [5, 5.41) is 3.65. The van der Waals surface area contributed by atoms with Crippen molar-refractivity contribution in [3.63, 3.8) is 0 Å². The molecule has 0 fully saturated rings. The average molecular weight is 325 g/mol. The molecule has 112 valence electrons. The summed E-state index contributed by atoms with van der Waals surface area (Å²) < 4.78 is 24.5. The Bertz CT molecular complexity index is 736. The monoisotopic (exact) mass is 325 g/mol. The van der Waals surface area contributed by atoms with Gasteiger partial charge in [0.1, 0.15) is 4.88 Å². The van der Waals surface area contributed by atoms with Crippen LogP contribution >= 0.6 is 11.3 Å². The van der Waals surface area contributed by atoms with E-state index in [2.05, 4.69) is 15.0 Å². The van der Waals surface area contributed by atoms with Gasteiger partial charge in [-0.2, -0.15) is 0 Å². The van der Waals surface area contributed by atoms with Crippen LogP contribution in [-0.2, 0) is 16.4 Å². The Morgan fingerprint density at radius 1 is 1.24 bits per heavy atom. The first kappa shape index (κ1) is 15.5. The van der Waals surface area contributed by atoms with E-state index < -0.39 is 10.0 Å². The molecule has 8 heteroatoms. The molecule has 0 atom stereocenters. The van der Waals surface area contributed by atoms with Gasteiger partial charge >= 0.3 is 0 Å². The lowest BCUT2D eigenvalue weighted by Gasteiger charge is -2.06. The first-order valence-electron chi connectivity index (χ1n) is 6.21. The van der Waals surface area contributed by atoms with Gasteiger partial charge in [0.05, 0.1) is 17.5 Å². The second kappa shape index (κ2) is 6.23. The van der Waals surface area contributed by atoms with Crippen molar-refractivity contribution < 1.29 is 13.2 Å². The molecule has 1 heterocycles. The summed E-state index contributed by atoms with van der Waals surface area (Å²) >= 11 is 1.36. The van der Waals surface area contributed by atoms with Gasteiger partial charge in [-0.25, -0.2) is 13.4 Å². The third kappa shape index (κ3) is 4.54. The minimum absolute atomic E-state index is 0.226. The number of carbonyl (C=O) groups is 1. The van der Waals surface area contributed by atoms with Gasteiger partial charge in [-0.1, -0.05) is 6.92 Å². The van der Waals surface area contributed by atoms with Crippen LogP contribution in [0.25, 0.3) is 0 Å². The van der Waals surface area contributed by atoms with Crippen molar-refractivity contribution in [3.8, 4) is 0 Å². The van der Waals surface area contributed by atoms with Crippen LogP contribution in [0.5, 0.6) is 0 Å². The van der Waals surface area contributed by atoms with E-state index in [1.807, 2.05) is 6.92 Å². The van der Waals surface area contributed by atoms with Crippen molar-refractivity contribution in [2.45, 2.75) is 13.3 Å². The molecule has 0 aliphatic rings. The summed E-state index contributed by atoms with van der Waals surface area (Å²) in [5.41, 5.74) is 1.03. The topological polar surface area (TPSA) is 88.2 Å². The smallest absolute Gasteiger partial charge is 0.267 e. The molecular weight excluding hydrogens is 310 g/mol. The van der Waals surface area contributed by atoms with Gasteiger partial charge in [0.25, 0.3) is 5.91 Å². The lowest BCUT2D eigenvalue weighted by Crippen LogP contribution is -2.11. The maximum Gasteiger partial charge on any atom is 0.267 e. The number of amides is 1. The number of sulfonamides is 1. The minimum atomic E-state index is -3.30. The normalized spacial score (nSPS) is 11.1. The zero-order valence-electron chi connectivity index (χ0n) is 11.6. The highest BCUT2D eigenvalue weighted by Gasteiger charge is 2.10. The summed E-state index contributed by atoms with van der Waals surface area (Å²) in [5.74, 6) is -0.226. The van der Waals surface area contributed by atoms with Crippen LogP contribution in [0.4, 0.5) is 11.4 Å². The summed E-state index contributed by atoms with van der Waals surface area (Å²) in [7, 11) is -3.30. The predicted octanol–water partition coefficient (Wildman–Crippen LogP) is 2.33. The highest BCUT2D eigenvalue weighted by molar-refractivity contribution is 7.92. The fourth-order valence-electron chi connectivity index (χ4n) is 1.61. The van der Waals surface area contributed by atoms with Crippen molar-refractivity contribution in [2.75, 3.05) is 16.3 Å². The van der Waals surface area contributed by atoms with Gasteiger partial charge in [-0.3, -0.25) is 9.52 Å². The number of nitrogens with zero attached hydrogens (tertiary/aromatic N) is 1. The molecule has 1 aromatic carbocycles. The molecule has 0 aliphatic heterocycles. The number of benzene rings is 1. The van der Waals surface area contributed by atoms with Gasteiger partial charge in [0, 0.05) is 11.4 Å². The molecule has 1 amide bonds. The van der Waals surface area contributed by atoms with Crippen LogP contribution in [0.3, 0.4) is 0 Å². The van der Waals surface area contributed by atoms with Crippen molar-refractivity contribution in [1.82, 2.24) is 4.98 Å². The molecule has 2 N–H and O–H groups in total. The molecule has 0 radical (unpaired) electrons. The van der Waals surface area contributed by atoms with Crippen LogP contribution in [0.1, 0.15) is 21.6 Å². The molecule has 0 spiro atoms. The Labute approximate surface area is 127 Å². The number of thiazole rings is 1. The van der Waals surface area contributed by atoms with Gasteiger partial charge in [-0.05, 0) is 30.7 Å². The van der Waals surface area contributed by atoms with Gasteiger partial charge in [0.15, 0.2) is 0 Å². The average Bonchev–Trinajstić information content (AvgIpc) is 2.88. The quantitative estimate of drug-likeness (QED) is 0.883. The zero-order valence-corrected chi connectivity index (χ0v) is 13.2. The third-order valence-electron chi connectivity index (χ3n) is 2.53. The summed E-state index contributed by atoms with van der Waals surface area (Å²) in [6, 6.07) is 6.43. The molecule has 2 aromatic rings. The Hall–Kier alpha value is -1.93. The molecule has 0 saturated heterocycles. The Balaban J connectivity index is 2.04. The zero-order chi connectivity index (χ0) is 15.5. The lowest BCUT2D eigenvalue weighted by molar-refractivity contribution is 0.103. The first-order valence-corrected chi connectivity index (χ1v) is 8.92. The van der Waals surface area contributed by atoms with Crippen LogP contribution < -0.4 is 10.0 Å². The largest absolute Gasteiger partial charge is 0.321 e. The second-order valence-corrected chi connectivity index (χ2v) is 7.24. The molecule has 0 saturated carbocycles. The standard InChI is InChI=1S/C13H15N3O3S2/c1-3-12-14-8-11(20-12)13(17)15-9-4-6-10(7-5-9)16-21(2,18)19/h4-8,16H,3H2,1-2H3,(H,15,17). The fraction of sp³-hybridized carbons (Fsp3) is 0.231. The SMILES string of the molecule is CCc1ncc(C(=O)Nc2ccc(NS(C)(=O)=O)cc2)s1. The van der Waals surface area contributed by atoms with E-state index in [-0.39, 0.29) is 5.91 Å². The summed E-state index contributed by atoms with van der Waals surface area (Å²) in [4.78, 5) is 16.7. The van der Waals surface area contributed by atoms with Crippen molar-refractivity contribution >= 4 is 38.6 Å². The van der Waals surface area contributed by atoms with E-state index in [9.17, 15) is 13.2 Å².